The molecule has 2 aromatic carbocycles. The lowest BCUT2D eigenvalue weighted by Gasteiger charge is -2.32. The minimum atomic E-state index is -0.965. The number of nitrogens with one attached hydrogen (secondary N) is 3. The number of amides is 4. The van der Waals surface area contributed by atoms with E-state index in [-0.39, 0.29) is 47.8 Å². The number of primary amides is 1. The van der Waals surface area contributed by atoms with Crippen LogP contribution in [-0.2, 0) is 19.1 Å². The van der Waals surface area contributed by atoms with Gasteiger partial charge < -0.3 is 40.3 Å². The van der Waals surface area contributed by atoms with Crippen LogP contribution in [0.1, 0.15) is 91.0 Å². The molecule has 6 atom stereocenters. The summed E-state index contributed by atoms with van der Waals surface area (Å²) in [6.45, 7) is 11.5. The fraction of sp³-hybridized carbons (Fsp3) is 0.463. The van der Waals surface area contributed by atoms with Gasteiger partial charge in [0, 0.05) is 12.1 Å². The molecular weight excluding hydrogens is 701 g/mol. The Kier molecular flexibility index (Phi) is 11.6. The monoisotopic (exact) mass is 752 g/mol. The second-order valence-electron chi connectivity index (χ2n) is 15.4. The molecule has 14 nitrogen and oxygen atoms in total. The number of imidazole rings is 2. The quantitative estimate of drug-likeness (QED) is 0.130. The Labute approximate surface area is 321 Å². The SMILES string of the molecule is COC(=O)N[C@H](C(=O)N1C(C)CCC1c1ncc(-c2ccc(-c3ccc(-c4cnc([C@@H]5CC[C@H](C)N5C(=O)[C@H](OC(N)=O)C(C)C)[nH]4)cc3)cc2)[nH]1)C(C)C. The van der Waals surface area contributed by atoms with Gasteiger partial charge in [-0.15, -0.1) is 0 Å². The summed E-state index contributed by atoms with van der Waals surface area (Å²) in [5, 5.41) is 2.71. The number of benzene rings is 2. The van der Waals surface area contributed by atoms with Crippen LogP contribution in [0, 0.1) is 11.8 Å². The molecule has 14 heteroatoms. The Balaban J connectivity index is 1.13. The van der Waals surface area contributed by atoms with Crippen molar-refractivity contribution in [3.63, 3.8) is 0 Å². The van der Waals surface area contributed by atoms with E-state index in [4.69, 9.17) is 20.2 Å². The maximum absolute atomic E-state index is 13.7. The van der Waals surface area contributed by atoms with E-state index >= 15 is 0 Å². The number of methoxy groups -OCH3 is 1. The molecule has 0 saturated carbocycles. The van der Waals surface area contributed by atoms with Crippen molar-refractivity contribution in [2.24, 2.45) is 17.6 Å². The predicted octanol–water partition coefficient (Wildman–Crippen LogP) is 6.74. The molecule has 0 spiro atoms. The summed E-state index contributed by atoms with van der Waals surface area (Å²) in [6.07, 6.45) is 4.17. The van der Waals surface area contributed by atoms with E-state index in [1.54, 1.807) is 17.3 Å². The molecule has 2 saturated heterocycles. The number of rotatable bonds is 11. The summed E-state index contributed by atoms with van der Waals surface area (Å²) in [6, 6.07) is 15.2. The molecular formula is C41H52N8O6. The fourth-order valence-corrected chi connectivity index (χ4v) is 7.84. The first-order valence-electron chi connectivity index (χ1n) is 19.0. The number of aromatic nitrogens is 4. The number of likely N-dealkylation sites (tertiary alicyclic amines) is 2. The van der Waals surface area contributed by atoms with Gasteiger partial charge in [0.1, 0.15) is 17.7 Å². The fourth-order valence-electron chi connectivity index (χ4n) is 7.84. The van der Waals surface area contributed by atoms with Gasteiger partial charge in [-0.1, -0.05) is 76.2 Å². The Morgan fingerprint density at radius 2 is 1.15 bits per heavy atom. The summed E-state index contributed by atoms with van der Waals surface area (Å²) in [7, 11) is 1.29. The minimum Gasteiger partial charge on any atom is -0.453 e. The number of aromatic amines is 2. The summed E-state index contributed by atoms with van der Waals surface area (Å²) in [5.74, 6) is 0.645. The molecule has 2 aliphatic heterocycles. The highest BCUT2D eigenvalue weighted by molar-refractivity contribution is 5.87. The molecule has 2 fully saturated rings. The van der Waals surface area contributed by atoms with Crippen LogP contribution in [0.3, 0.4) is 0 Å². The van der Waals surface area contributed by atoms with Crippen LogP contribution in [0.5, 0.6) is 0 Å². The Morgan fingerprint density at radius 3 is 1.55 bits per heavy atom. The predicted molar refractivity (Wildman–Crippen MR) is 207 cm³/mol. The molecule has 4 amide bonds. The van der Waals surface area contributed by atoms with Crippen LogP contribution in [0.4, 0.5) is 9.59 Å². The topological polar surface area (TPSA) is 189 Å². The molecule has 55 heavy (non-hydrogen) atoms. The highest BCUT2D eigenvalue weighted by atomic mass is 16.6. The zero-order valence-electron chi connectivity index (χ0n) is 32.5. The minimum absolute atomic E-state index is 0.00119. The standard InChI is InChI=1S/C41H52N8O6/c1-22(2)34(47-41(53)54-7)38(50)48-24(5)8-18-32(48)36-43-20-30(45-36)28-14-10-26(11-15-28)27-12-16-29(17-13-27)31-21-44-37(46-31)33-19-9-25(6)49(33)39(51)35(23(3)4)55-40(42)52/h10-17,20-25,32-35H,8-9,18-19H2,1-7H3,(H2,42,52)(H,43,45)(H,44,46)(H,47,53)/t24?,25-,32?,33-,34-,35+/m0/s1. The van der Waals surface area contributed by atoms with E-state index in [9.17, 15) is 19.2 Å². The third kappa shape index (κ3) is 8.23. The van der Waals surface area contributed by atoms with Gasteiger partial charge in [-0.2, -0.15) is 0 Å². The van der Waals surface area contributed by atoms with Crippen molar-refractivity contribution < 1.29 is 28.7 Å². The second kappa shape index (κ2) is 16.4. The van der Waals surface area contributed by atoms with Gasteiger partial charge in [0.2, 0.25) is 5.91 Å². The number of ether oxygens (including phenoxy) is 2. The average Bonchev–Trinajstić information content (AvgIpc) is 3.99. The molecule has 2 aromatic heterocycles. The first kappa shape index (κ1) is 39.0. The third-order valence-electron chi connectivity index (χ3n) is 10.9. The van der Waals surface area contributed by atoms with Gasteiger partial charge in [0.05, 0.1) is 43.0 Å². The zero-order valence-corrected chi connectivity index (χ0v) is 32.5. The summed E-state index contributed by atoms with van der Waals surface area (Å²) >= 11 is 0. The lowest BCUT2D eigenvalue weighted by molar-refractivity contribution is -0.145. The van der Waals surface area contributed by atoms with E-state index in [1.165, 1.54) is 7.11 Å². The van der Waals surface area contributed by atoms with Crippen molar-refractivity contribution in [3.8, 4) is 33.6 Å². The summed E-state index contributed by atoms with van der Waals surface area (Å²) < 4.78 is 9.99. The lowest BCUT2D eigenvalue weighted by Crippen LogP contribution is -2.52. The molecule has 2 unspecified atom stereocenters. The number of carbonyl (C=O) groups is 4. The molecule has 292 valence electrons. The maximum atomic E-state index is 13.7. The molecule has 0 radical (unpaired) electrons. The third-order valence-corrected chi connectivity index (χ3v) is 10.9. The van der Waals surface area contributed by atoms with Crippen molar-refractivity contribution in [1.29, 1.82) is 0 Å². The number of hydrogen-bond donors (Lipinski definition) is 4. The number of nitrogens with zero attached hydrogens (tertiary/aromatic N) is 4. The number of H-pyrrole nitrogens is 2. The number of carbonyl (C=O) groups excluding carboxylic acids is 4. The van der Waals surface area contributed by atoms with Gasteiger partial charge in [-0.3, -0.25) is 9.59 Å². The molecule has 4 aromatic rings. The van der Waals surface area contributed by atoms with E-state index in [0.717, 1.165) is 59.3 Å². The van der Waals surface area contributed by atoms with Crippen molar-refractivity contribution in [2.75, 3.05) is 7.11 Å². The number of hydrogen-bond acceptors (Lipinski definition) is 8. The Bertz CT molecular complexity index is 1990. The van der Waals surface area contributed by atoms with Crippen LogP contribution >= 0.6 is 0 Å². The molecule has 5 N–H and O–H groups in total. The molecule has 6 rings (SSSR count). The highest BCUT2D eigenvalue weighted by Gasteiger charge is 2.43. The van der Waals surface area contributed by atoms with Crippen LogP contribution in [0.2, 0.25) is 0 Å². The van der Waals surface area contributed by atoms with Crippen molar-refractivity contribution in [1.82, 2.24) is 35.1 Å². The second-order valence-corrected chi connectivity index (χ2v) is 15.4. The number of nitrogens with two attached hydrogens (primary N) is 1. The molecule has 0 bridgehead atoms. The number of alkyl carbamates (subject to hydrolysis) is 1. The van der Waals surface area contributed by atoms with Crippen molar-refractivity contribution in [3.05, 3.63) is 72.6 Å². The first-order valence-corrected chi connectivity index (χ1v) is 19.0. The lowest BCUT2D eigenvalue weighted by atomic mass is 10.0. The van der Waals surface area contributed by atoms with Gasteiger partial charge in [-0.25, -0.2) is 19.6 Å². The van der Waals surface area contributed by atoms with Crippen LogP contribution in [-0.4, -0.2) is 85.1 Å². The zero-order chi connectivity index (χ0) is 39.6. The van der Waals surface area contributed by atoms with E-state index in [2.05, 4.69) is 44.5 Å². The Hall–Kier alpha value is -5.66. The average molecular weight is 753 g/mol. The van der Waals surface area contributed by atoms with Gasteiger partial charge in [-0.05, 0) is 73.6 Å². The summed E-state index contributed by atoms with van der Waals surface area (Å²) in [4.78, 5) is 70.7. The van der Waals surface area contributed by atoms with Crippen molar-refractivity contribution >= 4 is 24.0 Å². The summed E-state index contributed by atoms with van der Waals surface area (Å²) in [5.41, 5.74) is 11.0. The van der Waals surface area contributed by atoms with Crippen LogP contribution in [0.25, 0.3) is 33.6 Å². The molecule has 2 aliphatic rings. The van der Waals surface area contributed by atoms with E-state index in [0.29, 0.717) is 11.6 Å². The Morgan fingerprint density at radius 1 is 0.709 bits per heavy atom. The van der Waals surface area contributed by atoms with Crippen LogP contribution < -0.4 is 11.1 Å². The largest absolute Gasteiger partial charge is 0.453 e. The molecule has 4 heterocycles. The maximum Gasteiger partial charge on any atom is 0.407 e. The highest BCUT2D eigenvalue weighted by Crippen LogP contribution is 2.38. The molecule has 0 aliphatic carbocycles. The van der Waals surface area contributed by atoms with E-state index < -0.39 is 24.3 Å². The van der Waals surface area contributed by atoms with Gasteiger partial charge in [0.25, 0.3) is 5.91 Å². The first-order chi connectivity index (χ1) is 26.3. The van der Waals surface area contributed by atoms with E-state index in [1.807, 2.05) is 70.7 Å². The van der Waals surface area contributed by atoms with Crippen molar-refractivity contribution in [2.45, 2.75) is 104 Å². The smallest absolute Gasteiger partial charge is 0.407 e. The van der Waals surface area contributed by atoms with Gasteiger partial charge in [0.15, 0.2) is 6.10 Å². The van der Waals surface area contributed by atoms with Gasteiger partial charge >= 0.3 is 12.2 Å². The normalized spacial score (nSPS) is 20.8. The van der Waals surface area contributed by atoms with Crippen LogP contribution in [0.15, 0.2) is 60.9 Å².